The molecule has 1 atom stereocenters. The summed E-state index contributed by atoms with van der Waals surface area (Å²) < 4.78 is 0. The van der Waals surface area contributed by atoms with Crippen LogP contribution in [0.25, 0.3) is 32.3 Å². The Hall–Kier alpha value is -2.42. The van der Waals surface area contributed by atoms with E-state index < -0.39 is 6.10 Å². The minimum absolute atomic E-state index is 0.391. The van der Waals surface area contributed by atoms with Gasteiger partial charge < -0.3 is 0 Å². The van der Waals surface area contributed by atoms with Crippen molar-refractivity contribution in [3.8, 4) is 0 Å². The van der Waals surface area contributed by atoms with Crippen LogP contribution in [0.1, 0.15) is 17.2 Å². The first-order chi connectivity index (χ1) is 10.4. The number of fused-ring (bicyclic) bond motifs is 2. The van der Waals surface area contributed by atoms with Gasteiger partial charge in [-0.3, -0.25) is 5.26 Å². The normalized spacial score (nSPS) is 16.5. The van der Waals surface area contributed by atoms with Crippen LogP contribution >= 0.6 is 0 Å². The SMILES string of the molecule is OOC1c2cccc3ccc4c5ccccc5cc1c4c23. The van der Waals surface area contributed by atoms with Crippen LogP contribution in [0.15, 0.2) is 60.7 Å². The summed E-state index contributed by atoms with van der Waals surface area (Å²) in [6.45, 7) is 0. The standard InChI is InChI=1S/C19H12O2/c20-21-19-15-7-3-5-11-8-9-14-13-6-2-1-4-12(13)10-16(19)18(14)17(11)15/h1-10,19-20H. The molecule has 0 bridgehead atoms. The molecule has 0 aliphatic heterocycles. The molecule has 1 aliphatic rings. The Balaban J connectivity index is 2.12. The van der Waals surface area contributed by atoms with Crippen molar-refractivity contribution in [3.05, 3.63) is 71.8 Å². The van der Waals surface area contributed by atoms with Gasteiger partial charge in [-0.15, -0.1) is 0 Å². The van der Waals surface area contributed by atoms with Gasteiger partial charge in [-0.2, -0.15) is 0 Å². The maximum absolute atomic E-state index is 9.41. The van der Waals surface area contributed by atoms with Crippen molar-refractivity contribution in [2.24, 2.45) is 0 Å². The summed E-state index contributed by atoms with van der Waals surface area (Å²) in [5.74, 6) is 0. The Bertz CT molecular complexity index is 1030. The van der Waals surface area contributed by atoms with Crippen LogP contribution in [-0.2, 0) is 4.89 Å². The summed E-state index contributed by atoms with van der Waals surface area (Å²) in [5.41, 5.74) is 2.10. The minimum Gasteiger partial charge on any atom is -0.251 e. The van der Waals surface area contributed by atoms with E-state index in [1.807, 2.05) is 18.2 Å². The van der Waals surface area contributed by atoms with E-state index in [0.717, 1.165) is 11.1 Å². The van der Waals surface area contributed by atoms with E-state index >= 15 is 0 Å². The van der Waals surface area contributed by atoms with Crippen LogP contribution in [0.3, 0.4) is 0 Å². The Morgan fingerprint density at radius 1 is 0.714 bits per heavy atom. The molecule has 0 saturated heterocycles. The Kier molecular flexibility index (Phi) is 2.05. The molecule has 1 unspecified atom stereocenters. The highest BCUT2D eigenvalue weighted by Crippen LogP contribution is 2.47. The van der Waals surface area contributed by atoms with Gasteiger partial charge in [-0.25, -0.2) is 4.89 Å². The van der Waals surface area contributed by atoms with Crippen molar-refractivity contribution in [2.45, 2.75) is 6.10 Å². The minimum atomic E-state index is -0.391. The monoisotopic (exact) mass is 272 g/mol. The summed E-state index contributed by atoms with van der Waals surface area (Å²) in [6.07, 6.45) is -0.391. The average molecular weight is 272 g/mol. The number of hydrogen-bond acceptors (Lipinski definition) is 2. The molecule has 0 radical (unpaired) electrons. The second-order valence-corrected chi connectivity index (χ2v) is 5.61. The smallest absolute Gasteiger partial charge is 0.144 e. The molecule has 21 heavy (non-hydrogen) atoms. The van der Waals surface area contributed by atoms with Crippen LogP contribution < -0.4 is 0 Å². The fourth-order valence-electron chi connectivity index (χ4n) is 3.75. The maximum atomic E-state index is 9.41. The van der Waals surface area contributed by atoms with Gasteiger partial charge in [-0.1, -0.05) is 54.6 Å². The van der Waals surface area contributed by atoms with Gasteiger partial charge >= 0.3 is 0 Å². The van der Waals surface area contributed by atoms with E-state index in [1.165, 1.54) is 32.3 Å². The molecule has 100 valence electrons. The summed E-state index contributed by atoms with van der Waals surface area (Å²) in [5, 5.41) is 16.7. The molecule has 4 aromatic carbocycles. The predicted molar refractivity (Wildman–Crippen MR) is 84.5 cm³/mol. The zero-order valence-electron chi connectivity index (χ0n) is 11.2. The Labute approximate surface area is 121 Å². The van der Waals surface area contributed by atoms with Gasteiger partial charge in [0.15, 0.2) is 0 Å². The Morgan fingerprint density at radius 3 is 2.48 bits per heavy atom. The highest BCUT2D eigenvalue weighted by molar-refractivity contribution is 6.21. The summed E-state index contributed by atoms with van der Waals surface area (Å²) in [4.78, 5) is 4.82. The fraction of sp³-hybridized carbons (Fsp3) is 0.0526. The van der Waals surface area contributed by atoms with Crippen molar-refractivity contribution in [1.29, 1.82) is 0 Å². The van der Waals surface area contributed by atoms with Crippen LogP contribution in [0.2, 0.25) is 0 Å². The third-order valence-corrected chi connectivity index (χ3v) is 4.60. The molecule has 0 fully saturated rings. The molecule has 0 amide bonds. The van der Waals surface area contributed by atoms with Crippen LogP contribution in [0.4, 0.5) is 0 Å². The van der Waals surface area contributed by atoms with E-state index in [0.29, 0.717) is 0 Å². The summed E-state index contributed by atoms with van der Waals surface area (Å²) >= 11 is 0. The quantitative estimate of drug-likeness (QED) is 0.299. The third-order valence-electron chi connectivity index (χ3n) is 4.60. The molecule has 0 saturated carbocycles. The maximum Gasteiger partial charge on any atom is 0.144 e. The average Bonchev–Trinajstić information content (AvgIpc) is 2.86. The van der Waals surface area contributed by atoms with E-state index in [1.54, 1.807) is 0 Å². The Morgan fingerprint density at radius 2 is 1.57 bits per heavy atom. The van der Waals surface area contributed by atoms with Crippen LogP contribution in [0, 0.1) is 0 Å². The molecule has 1 aliphatic carbocycles. The molecule has 0 heterocycles. The lowest BCUT2D eigenvalue weighted by Crippen LogP contribution is -1.99. The third kappa shape index (κ3) is 1.29. The zero-order valence-corrected chi connectivity index (χ0v) is 11.2. The van der Waals surface area contributed by atoms with Crippen molar-refractivity contribution >= 4 is 32.3 Å². The predicted octanol–water partition coefficient (Wildman–Crippen LogP) is 5.04. The second kappa shape index (κ2) is 3.82. The first-order valence-corrected chi connectivity index (χ1v) is 7.06. The molecule has 0 aromatic heterocycles. The van der Waals surface area contributed by atoms with Crippen LogP contribution in [0.5, 0.6) is 0 Å². The van der Waals surface area contributed by atoms with Crippen molar-refractivity contribution in [3.63, 3.8) is 0 Å². The summed E-state index contributed by atoms with van der Waals surface area (Å²) in [6, 6.07) is 21.0. The number of benzene rings is 4. The van der Waals surface area contributed by atoms with Gasteiger partial charge in [0.1, 0.15) is 6.10 Å². The second-order valence-electron chi connectivity index (χ2n) is 5.61. The van der Waals surface area contributed by atoms with Gasteiger partial charge in [0, 0.05) is 0 Å². The van der Waals surface area contributed by atoms with E-state index in [-0.39, 0.29) is 0 Å². The number of hydrogen-bond donors (Lipinski definition) is 1. The zero-order chi connectivity index (χ0) is 14.0. The molecule has 4 aromatic rings. The lowest BCUT2D eigenvalue weighted by molar-refractivity contribution is -0.269. The molecular formula is C19H12O2. The van der Waals surface area contributed by atoms with E-state index in [4.69, 9.17) is 4.89 Å². The first kappa shape index (κ1) is 11.3. The van der Waals surface area contributed by atoms with Crippen molar-refractivity contribution in [2.75, 3.05) is 0 Å². The number of rotatable bonds is 1. The lowest BCUT2D eigenvalue weighted by Gasteiger charge is -2.11. The lowest BCUT2D eigenvalue weighted by atomic mass is 9.96. The molecular weight excluding hydrogens is 260 g/mol. The first-order valence-electron chi connectivity index (χ1n) is 7.06. The van der Waals surface area contributed by atoms with Gasteiger partial charge in [0.2, 0.25) is 0 Å². The topological polar surface area (TPSA) is 29.5 Å². The molecule has 1 N–H and O–H groups in total. The van der Waals surface area contributed by atoms with E-state index in [9.17, 15) is 5.26 Å². The van der Waals surface area contributed by atoms with Gasteiger partial charge in [0.05, 0.1) is 0 Å². The molecule has 2 heteroatoms. The molecule has 5 rings (SSSR count). The fourth-order valence-corrected chi connectivity index (χ4v) is 3.75. The highest BCUT2D eigenvalue weighted by atomic mass is 17.1. The van der Waals surface area contributed by atoms with Gasteiger partial charge in [0.25, 0.3) is 0 Å². The highest BCUT2D eigenvalue weighted by Gasteiger charge is 2.28. The summed E-state index contributed by atoms with van der Waals surface area (Å²) in [7, 11) is 0. The van der Waals surface area contributed by atoms with Crippen molar-refractivity contribution < 1.29 is 10.1 Å². The largest absolute Gasteiger partial charge is 0.251 e. The molecule has 2 nitrogen and oxygen atoms in total. The molecule has 0 spiro atoms. The van der Waals surface area contributed by atoms with Crippen molar-refractivity contribution in [1.82, 2.24) is 0 Å². The van der Waals surface area contributed by atoms with Gasteiger partial charge in [-0.05, 0) is 49.5 Å². The van der Waals surface area contributed by atoms with Crippen LogP contribution in [-0.4, -0.2) is 5.26 Å². The van der Waals surface area contributed by atoms with E-state index in [2.05, 4.69) is 42.5 Å².